The summed E-state index contributed by atoms with van der Waals surface area (Å²) in [5, 5.41) is 24.5. The molecule has 4 N–H and O–H groups in total. The minimum atomic E-state index is -1.02. The lowest BCUT2D eigenvalue weighted by atomic mass is 10.0. The molecule has 1 aromatic rings. The first-order chi connectivity index (χ1) is 14.2. The summed E-state index contributed by atoms with van der Waals surface area (Å²) in [6.45, 7) is 8.01. The van der Waals surface area contributed by atoms with Crippen LogP contribution >= 0.6 is 0 Å². The van der Waals surface area contributed by atoms with E-state index in [0.717, 1.165) is 0 Å². The molecule has 30 heavy (non-hydrogen) atoms. The minimum Gasteiger partial charge on any atom is -0.508 e. The van der Waals surface area contributed by atoms with E-state index < -0.39 is 17.8 Å². The Labute approximate surface area is 177 Å². The fraction of sp³-hybridized carbons (Fsp3) is 0.571. The molecule has 1 aliphatic rings. The maximum absolute atomic E-state index is 12.2. The summed E-state index contributed by atoms with van der Waals surface area (Å²) in [5.74, 6) is -1.82. The fourth-order valence-corrected chi connectivity index (χ4v) is 3.27. The van der Waals surface area contributed by atoms with Gasteiger partial charge in [0.05, 0.1) is 12.5 Å². The molecule has 2 rings (SSSR count). The van der Waals surface area contributed by atoms with E-state index in [-0.39, 0.29) is 24.6 Å². The molecule has 1 atom stereocenters. The molecule has 1 saturated heterocycles. The molecule has 0 aromatic heterocycles. The Morgan fingerprint density at radius 2 is 1.73 bits per heavy atom. The predicted molar refractivity (Wildman–Crippen MR) is 113 cm³/mol. The molecule has 0 saturated carbocycles. The number of anilines is 1. The maximum Gasteiger partial charge on any atom is 0.308 e. The molecule has 9 heteroatoms. The minimum absolute atomic E-state index is 0.00387. The number of phenols is 1. The van der Waals surface area contributed by atoms with Crippen LogP contribution in [0.5, 0.6) is 5.75 Å². The highest BCUT2D eigenvalue weighted by atomic mass is 16.4. The highest BCUT2D eigenvalue weighted by Crippen LogP contribution is 2.17. The van der Waals surface area contributed by atoms with Gasteiger partial charge in [-0.1, -0.05) is 19.9 Å². The molecule has 0 aliphatic carbocycles. The number of benzene rings is 1. The summed E-state index contributed by atoms with van der Waals surface area (Å²) in [5.41, 5.74) is 0.425. The average Bonchev–Trinajstić information content (AvgIpc) is 2.67. The number of carboxylic acid groups (broad SMARTS) is 1. The quantitative estimate of drug-likeness (QED) is 0.442. The molecule has 0 radical (unpaired) electrons. The number of carboxylic acids is 1. The lowest BCUT2D eigenvalue weighted by Gasteiger charge is -2.35. The van der Waals surface area contributed by atoms with E-state index in [1.54, 1.807) is 12.1 Å². The first-order valence-corrected chi connectivity index (χ1v) is 10.3. The van der Waals surface area contributed by atoms with Crippen LogP contribution in [0.1, 0.15) is 20.3 Å². The summed E-state index contributed by atoms with van der Waals surface area (Å²) < 4.78 is 0. The van der Waals surface area contributed by atoms with Crippen molar-refractivity contribution in [2.45, 2.75) is 20.3 Å². The van der Waals surface area contributed by atoms with Crippen molar-refractivity contribution in [1.82, 2.24) is 15.1 Å². The number of nitrogens with zero attached hydrogens (tertiary/aromatic N) is 2. The van der Waals surface area contributed by atoms with Gasteiger partial charge < -0.3 is 20.8 Å². The Morgan fingerprint density at radius 1 is 1.07 bits per heavy atom. The van der Waals surface area contributed by atoms with Crippen molar-refractivity contribution in [1.29, 1.82) is 0 Å². The zero-order valence-electron chi connectivity index (χ0n) is 17.6. The van der Waals surface area contributed by atoms with Crippen LogP contribution < -0.4 is 10.6 Å². The smallest absolute Gasteiger partial charge is 0.308 e. The Balaban J connectivity index is 1.77. The number of hydrogen-bond donors (Lipinski definition) is 4. The number of carbonyl (C=O) groups excluding carboxylic acids is 2. The van der Waals surface area contributed by atoms with Gasteiger partial charge in [0.15, 0.2) is 0 Å². The second-order valence-corrected chi connectivity index (χ2v) is 8.11. The van der Waals surface area contributed by atoms with Gasteiger partial charge in [0, 0.05) is 57.4 Å². The molecule has 1 aromatic carbocycles. The Kier molecular flexibility index (Phi) is 9.07. The van der Waals surface area contributed by atoms with E-state index in [1.165, 1.54) is 12.1 Å². The van der Waals surface area contributed by atoms with Gasteiger partial charge in [-0.15, -0.1) is 0 Å². The predicted octanol–water partition coefficient (Wildman–Crippen LogP) is 0.811. The number of phenolic OH excluding ortho intramolecular Hbond substituents is 1. The van der Waals surface area contributed by atoms with E-state index >= 15 is 0 Å². The van der Waals surface area contributed by atoms with Crippen molar-refractivity contribution in [3.05, 3.63) is 24.3 Å². The average molecular weight is 421 g/mol. The highest BCUT2D eigenvalue weighted by molar-refractivity contribution is 5.93. The maximum atomic E-state index is 12.2. The molecule has 0 bridgehead atoms. The SMILES string of the molecule is CC(C)CNC(=O)CN1CCN(CC(CC(=O)Nc2cccc(O)c2)C(=O)O)CC1. The van der Waals surface area contributed by atoms with Crippen molar-refractivity contribution in [3.63, 3.8) is 0 Å². The van der Waals surface area contributed by atoms with Gasteiger partial charge in [-0.2, -0.15) is 0 Å². The summed E-state index contributed by atoms with van der Waals surface area (Å²) in [6, 6.07) is 6.12. The van der Waals surface area contributed by atoms with Gasteiger partial charge in [0.25, 0.3) is 0 Å². The molecule has 1 unspecified atom stereocenters. The standard InChI is InChI=1S/C21H32N4O5/c1-15(2)12-22-20(28)14-25-8-6-24(7-9-25)13-16(21(29)30)10-19(27)23-17-4-3-5-18(26)11-17/h3-5,11,15-16,26H,6-10,12-14H2,1-2H3,(H,22,28)(H,23,27)(H,29,30). The van der Waals surface area contributed by atoms with Crippen LogP contribution in [0.25, 0.3) is 0 Å². The van der Waals surface area contributed by atoms with Gasteiger partial charge in [0.2, 0.25) is 11.8 Å². The van der Waals surface area contributed by atoms with E-state index in [4.69, 9.17) is 0 Å². The largest absolute Gasteiger partial charge is 0.508 e. The topological polar surface area (TPSA) is 122 Å². The number of piperazine rings is 1. The number of carbonyl (C=O) groups is 3. The fourth-order valence-electron chi connectivity index (χ4n) is 3.27. The lowest BCUT2D eigenvalue weighted by molar-refractivity contribution is -0.144. The summed E-state index contributed by atoms with van der Waals surface area (Å²) >= 11 is 0. The molecule has 1 aliphatic heterocycles. The number of aromatic hydroxyl groups is 1. The van der Waals surface area contributed by atoms with Crippen LogP contribution in [-0.4, -0.2) is 83.6 Å². The van der Waals surface area contributed by atoms with E-state index in [9.17, 15) is 24.6 Å². The van der Waals surface area contributed by atoms with Crippen molar-refractivity contribution < 1.29 is 24.6 Å². The number of aliphatic carboxylic acids is 1. The Bertz CT molecular complexity index is 732. The van der Waals surface area contributed by atoms with Crippen LogP contribution in [0.15, 0.2) is 24.3 Å². The molecule has 1 heterocycles. The monoisotopic (exact) mass is 420 g/mol. The Hall–Kier alpha value is -2.65. The zero-order valence-corrected chi connectivity index (χ0v) is 17.6. The molecule has 0 spiro atoms. The number of hydrogen-bond acceptors (Lipinski definition) is 6. The van der Waals surface area contributed by atoms with Crippen molar-refractivity contribution >= 4 is 23.5 Å². The number of nitrogens with one attached hydrogen (secondary N) is 2. The molecular formula is C21H32N4O5. The molecule has 1 fully saturated rings. The van der Waals surface area contributed by atoms with Gasteiger partial charge in [-0.25, -0.2) is 0 Å². The van der Waals surface area contributed by atoms with Gasteiger partial charge in [-0.05, 0) is 18.1 Å². The molecule has 9 nitrogen and oxygen atoms in total. The second-order valence-electron chi connectivity index (χ2n) is 8.11. The molecular weight excluding hydrogens is 388 g/mol. The van der Waals surface area contributed by atoms with Gasteiger partial charge in [-0.3, -0.25) is 24.2 Å². The summed E-state index contributed by atoms with van der Waals surface area (Å²) in [6.07, 6.45) is -0.150. The van der Waals surface area contributed by atoms with Crippen molar-refractivity contribution in [3.8, 4) is 5.75 Å². The van der Waals surface area contributed by atoms with E-state index in [2.05, 4.69) is 15.5 Å². The van der Waals surface area contributed by atoms with Gasteiger partial charge in [0.1, 0.15) is 5.75 Å². The van der Waals surface area contributed by atoms with Crippen molar-refractivity contribution in [2.24, 2.45) is 11.8 Å². The number of amides is 2. The third-order valence-corrected chi connectivity index (χ3v) is 4.93. The zero-order chi connectivity index (χ0) is 22.1. The normalized spacial score (nSPS) is 16.2. The van der Waals surface area contributed by atoms with Crippen LogP contribution in [0.3, 0.4) is 0 Å². The van der Waals surface area contributed by atoms with Crippen LogP contribution in [0, 0.1) is 11.8 Å². The third-order valence-electron chi connectivity index (χ3n) is 4.93. The third kappa shape index (κ3) is 8.38. The number of rotatable bonds is 10. The van der Waals surface area contributed by atoms with Crippen molar-refractivity contribution in [2.75, 3.05) is 51.1 Å². The summed E-state index contributed by atoms with van der Waals surface area (Å²) in [7, 11) is 0. The molecule has 2 amide bonds. The van der Waals surface area contributed by atoms with Crippen LogP contribution in [0.2, 0.25) is 0 Å². The van der Waals surface area contributed by atoms with Gasteiger partial charge >= 0.3 is 5.97 Å². The van der Waals surface area contributed by atoms with E-state index in [1.807, 2.05) is 18.7 Å². The van der Waals surface area contributed by atoms with E-state index in [0.29, 0.717) is 50.9 Å². The summed E-state index contributed by atoms with van der Waals surface area (Å²) in [4.78, 5) is 39.9. The lowest BCUT2D eigenvalue weighted by Crippen LogP contribution is -2.51. The van der Waals surface area contributed by atoms with Crippen LogP contribution in [0.4, 0.5) is 5.69 Å². The first kappa shape index (κ1) is 23.6. The molecule has 166 valence electrons. The van der Waals surface area contributed by atoms with Crippen LogP contribution in [-0.2, 0) is 14.4 Å². The second kappa shape index (κ2) is 11.5. The first-order valence-electron chi connectivity index (χ1n) is 10.3. The Morgan fingerprint density at radius 3 is 2.33 bits per heavy atom. The highest BCUT2D eigenvalue weighted by Gasteiger charge is 2.27.